The van der Waals surface area contributed by atoms with Gasteiger partial charge in [-0.05, 0) is 48.6 Å². The maximum Gasteiger partial charge on any atom is 0.491 e. The minimum atomic E-state index is -5.28. The summed E-state index contributed by atoms with van der Waals surface area (Å²) in [6, 6.07) is 7.71. The van der Waals surface area contributed by atoms with E-state index < -0.39 is 56.7 Å². The van der Waals surface area contributed by atoms with E-state index in [0.717, 1.165) is 13.2 Å². The van der Waals surface area contributed by atoms with Crippen molar-refractivity contribution in [2.24, 2.45) is 5.73 Å². The molecule has 43 heavy (non-hydrogen) atoms. The van der Waals surface area contributed by atoms with Crippen LogP contribution in [0.5, 0.6) is 11.5 Å². The number of ether oxygens (including phenoxy) is 3. The first-order valence-electron chi connectivity index (χ1n) is 12.6. The van der Waals surface area contributed by atoms with Crippen LogP contribution in [-0.2, 0) is 25.5 Å². The van der Waals surface area contributed by atoms with Gasteiger partial charge in [0.25, 0.3) is 0 Å². The standard InChI is InChI=1S/C26H26BrF3N3O9S/c1-40-24(36)22-18(5-4-6-19(22)42-25(37)26(28,29)30)41-10-3-2-9-32-23(35)17(31)12-14-7-8-15(16(27)11-14)20-13-21(34)33(38,39)43-20/h4-8,11,17,20H,2-3,9-10,12-13,31H2,1H3,(H,32,35)/q-1/t17-,20?/m0/s1. The van der Waals surface area contributed by atoms with E-state index in [4.69, 9.17) is 10.5 Å². The van der Waals surface area contributed by atoms with E-state index in [2.05, 4.69) is 30.7 Å². The Morgan fingerprint density at radius 3 is 2.49 bits per heavy atom. The molecule has 0 aromatic heterocycles. The molecule has 0 aliphatic carbocycles. The van der Waals surface area contributed by atoms with Gasteiger partial charge in [0.15, 0.2) is 0 Å². The van der Waals surface area contributed by atoms with E-state index in [1.165, 1.54) is 12.1 Å². The quantitative estimate of drug-likeness (QED) is 0.0820. The number of nitrogens with one attached hydrogen (secondary N) is 1. The molecule has 0 saturated carbocycles. The second-order valence-corrected chi connectivity index (χ2v) is 11.3. The van der Waals surface area contributed by atoms with Crippen LogP contribution in [0.25, 0.3) is 0 Å². The van der Waals surface area contributed by atoms with Crippen molar-refractivity contribution in [3.63, 3.8) is 0 Å². The van der Waals surface area contributed by atoms with Crippen LogP contribution < -0.4 is 20.5 Å². The molecule has 3 rings (SSSR count). The number of halogens is 4. The van der Waals surface area contributed by atoms with Crippen molar-refractivity contribution in [2.45, 2.75) is 43.2 Å². The van der Waals surface area contributed by atoms with E-state index >= 15 is 0 Å². The Morgan fingerprint density at radius 1 is 1.19 bits per heavy atom. The monoisotopic (exact) mass is 692 g/mol. The summed E-state index contributed by atoms with van der Waals surface area (Å²) in [5, 5.41) is 25.3. The highest BCUT2D eigenvalue weighted by molar-refractivity contribution is 9.10. The van der Waals surface area contributed by atoms with Crippen molar-refractivity contribution in [1.29, 1.82) is 0 Å². The van der Waals surface area contributed by atoms with Gasteiger partial charge in [0.05, 0.1) is 43.4 Å². The predicted molar refractivity (Wildman–Crippen MR) is 150 cm³/mol. The number of nitrogens with zero attached hydrogens (tertiary/aromatic N) is 1. The molecule has 1 heterocycles. The lowest BCUT2D eigenvalue weighted by molar-refractivity contribution is -0.593. The first-order valence-corrected chi connectivity index (χ1v) is 14.2. The van der Waals surface area contributed by atoms with Crippen LogP contribution in [0.3, 0.4) is 0 Å². The van der Waals surface area contributed by atoms with Gasteiger partial charge in [-0.25, -0.2) is 14.4 Å². The average Bonchev–Trinajstić information content (AvgIpc) is 3.20. The molecule has 1 aliphatic rings. The third kappa shape index (κ3) is 9.14. The Bertz CT molecular complexity index is 1380. The van der Waals surface area contributed by atoms with E-state index in [9.17, 15) is 42.8 Å². The molecule has 12 nitrogen and oxygen atoms in total. The molecule has 234 valence electrons. The SMILES string of the molecule is COC(=O)c1c(OCCCCNC(=O)[C@@H](N)Cc2ccc(C3CC(=O)[N+]([O-])([O-])S3)c(Br)c2)cccc1OC(=O)C(F)(F)F. The number of quaternary nitrogens is 1. The Morgan fingerprint density at radius 2 is 1.88 bits per heavy atom. The Kier molecular flexibility index (Phi) is 11.6. The molecule has 2 atom stereocenters. The highest BCUT2D eigenvalue weighted by Crippen LogP contribution is 2.48. The number of unbranched alkanes of at least 4 members (excludes halogenated alkanes) is 1. The van der Waals surface area contributed by atoms with Gasteiger partial charge in [-0.3, -0.25) is 9.01 Å². The summed E-state index contributed by atoms with van der Waals surface area (Å²) >= 11 is 3.84. The third-order valence-electron chi connectivity index (χ3n) is 6.08. The van der Waals surface area contributed by atoms with Crippen LogP contribution in [-0.4, -0.2) is 60.4 Å². The lowest BCUT2D eigenvalue weighted by Gasteiger charge is -2.36. The zero-order valence-electron chi connectivity index (χ0n) is 22.5. The number of esters is 2. The third-order valence-corrected chi connectivity index (χ3v) is 7.92. The van der Waals surface area contributed by atoms with Gasteiger partial charge in [0.2, 0.25) is 5.91 Å². The molecule has 2 aromatic rings. The lowest BCUT2D eigenvalue weighted by atomic mass is 10.0. The summed E-state index contributed by atoms with van der Waals surface area (Å²) in [6.07, 6.45) is -4.49. The highest BCUT2D eigenvalue weighted by Gasteiger charge is 2.42. The number of alkyl halides is 3. The lowest BCUT2D eigenvalue weighted by Crippen LogP contribution is -2.42. The zero-order chi connectivity index (χ0) is 31.9. The van der Waals surface area contributed by atoms with Crippen LogP contribution in [0.2, 0.25) is 0 Å². The van der Waals surface area contributed by atoms with Crippen LogP contribution in [0, 0.1) is 10.4 Å². The van der Waals surface area contributed by atoms with Gasteiger partial charge >= 0.3 is 24.0 Å². The number of carbonyl (C=O) groups excluding carboxylic acids is 4. The number of hydrogen-bond acceptors (Lipinski definition) is 11. The van der Waals surface area contributed by atoms with Gasteiger partial charge in [0, 0.05) is 11.0 Å². The van der Waals surface area contributed by atoms with Crippen molar-refractivity contribution in [3.8, 4) is 11.5 Å². The Balaban J connectivity index is 1.46. The zero-order valence-corrected chi connectivity index (χ0v) is 24.9. The topological polar surface area (TPSA) is 180 Å². The molecule has 0 spiro atoms. The van der Waals surface area contributed by atoms with E-state index in [0.29, 0.717) is 40.4 Å². The first kappa shape index (κ1) is 34.3. The minimum Gasteiger partial charge on any atom is -0.612 e. The van der Waals surface area contributed by atoms with Gasteiger partial charge < -0.3 is 35.7 Å². The van der Waals surface area contributed by atoms with Gasteiger partial charge in [0.1, 0.15) is 17.1 Å². The fourth-order valence-electron chi connectivity index (χ4n) is 3.94. The van der Waals surface area contributed by atoms with Crippen molar-refractivity contribution >= 4 is 51.6 Å². The number of benzene rings is 2. The maximum atomic E-state index is 12.6. The molecule has 2 amide bonds. The number of amides is 2. The van der Waals surface area contributed by atoms with Gasteiger partial charge in [-0.2, -0.15) is 13.2 Å². The van der Waals surface area contributed by atoms with Gasteiger partial charge in [-0.15, -0.1) is 0 Å². The van der Waals surface area contributed by atoms with Crippen molar-refractivity contribution in [1.82, 2.24) is 5.32 Å². The fraction of sp³-hybridized carbons (Fsp3) is 0.385. The molecular weight excluding hydrogens is 667 g/mol. The number of carbonyl (C=O) groups is 4. The average molecular weight is 693 g/mol. The largest absolute Gasteiger partial charge is 0.612 e. The number of methoxy groups -OCH3 is 1. The summed E-state index contributed by atoms with van der Waals surface area (Å²) in [7, 11) is 1.00. The minimum absolute atomic E-state index is 0.00648. The van der Waals surface area contributed by atoms with E-state index in [1.807, 2.05) is 0 Å². The maximum absolute atomic E-state index is 12.6. The summed E-state index contributed by atoms with van der Waals surface area (Å²) in [4.78, 5) is 47.4. The molecule has 0 radical (unpaired) electrons. The molecule has 3 N–H and O–H groups in total. The molecule has 1 fully saturated rings. The van der Waals surface area contributed by atoms with Crippen molar-refractivity contribution in [3.05, 3.63) is 68.0 Å². The summed E-state index contributed by atoms with van der Waals surface area (Å²) in [5.74, 6) is -5.78. The Hall–Kier alpha value is -3.22. The van der Waals surface area contributed by atoms with Crippen LogP contribution >= 0.6 is 27.9 Å². The number of nitrogens with two attached hydrogens (primary N) is 1. The van der Waals surface area contributed by atoms with E-state index in [1.54, 1.807) is 18.2 Å². The molecule has 1 saturated heterocycles. The molecule has 2 aromatic carbocycles. The first-order chi connectivity index (χ1) is 20.1. The normalized spacial score (nSPS) is 16.8. The van der Waals surface area contributed by atoms with Crippen LogP contribution in [0.15, 0.2) is 40.9 Å². The second-order valence-electron chi connectivity index (χ2n) is 9.21. The van der Waals surface area contributed by atoms with E-state index in [-0.39, 0.29) is 31.7 Å². The molecule has 0 bridgehead atoms. The predicted octanol–water partition coefficient (Wildman–Crippen LogP) is 3.98. The van der Waals surface area contributed by atoms with Crippen molar-refractivity contribution < 1.29 is 50.8 Å². The molecule has 1 aliphatic heterocycles. The highest BCUT2D eigenvalue weighted by atomic mass is 79.9. The number of hydrogen-bond donors (Lipinski definition) is 2. The molecular formula is C26H26BrF3N3O9S-. The fourth-order valence-corrected chi connectivity index (χ4v) is 5.85. The molecule has 1 unspecified atom stereocenters. The molecule has 17 heteroatoms. The van der Waals surface area contributed by atoms with Gasteiger partial charge in [-0.1, -0.05) is 34.1 Å². The van der Waals surface area contributed by atoms with Crippen molar-refractivity contribution in [2.75, 3.05) is 20.3 Å². The van der Waals surface area contributed by atoms with Crippen LogP contribution in [0.1, 0.15) is 46.0 Å². The summed E-state index contributed by atoms with van der Waals surface area (Å²) < 4.78 is 50.6. The summed E-state index contributed by atoms with van der Waals surface area (Å²) in [5.41, 5.74) is 6.86. The number of hydroxylamine groups is 2. The second kappa shape index (κ2) is 14.5. The number of rotatable bonds is 12. The smallest absolute Gasteiger partial charge is 0.491 e. The van der Waals surface area contributed by atoms with Crippen LogP contribution in [0.4, 0.5) is 13.2 Å². The summed E-state index contributed by atoms with van der Waals surface area (Å²) in [6.45, 7) is 0.232. The Labute approximate surface area is 256 Å².